The average molecular weight is 742 g/mol. The molecule has 0 aliphatic heterocycles. The Morgan fingerprint density at radius 3 is 1.78 bits per heavy atom. The summed E-state index contributed by atoms with van der Waals surface area (Å²) in [4.78, 5) is 20.3. The van der Waals surface area contributed by atoms with Gasteiger partial charge in [0.1, 0.15) is 0 Å². The van der Waals surface area contributed by atoms with Crippen LogP contribution in [0.15, 0.2) is 194 Å². The number of fused-ring (bicyclic) bond motifs is 6. The molecule has 5 nitrogen and oxygen atoms in total. The van der Waals surface area contributed by atoms with E-state index >= 15 is 0 Å². The zero-order chi connectivity index (χ0) is 38.6. The Kier molecular flexibility index (Phi) is 7.97. The van der Waals surface area contributed by atoms with Gasteiger partial charge in [0, 0.05) is 33.7 Å². The van der Waals surface area contributed by atoms with Crippen molar-refractivity contribution >= 4 is 43.4 Å². The lowest BCUT2D eigenvalue weighted by molar-refractivity contribution is 0.953. The van der Waals surface area contributed by atoms with Gasteiger partial charge in [-0.25, -0.2) is 4.98 Å². The molecule has 0 unspecified atom stereocenters. The largest absolute Gasteiger partial charge is 0.278 e. The minimum Gasteiger partial charge on any atom is -0.278 e. The molecule has 0 radical (unpaired) electrons. The van der Waals surface area contributed by atoms with Crippen molar-refractivity contribution < 1.29 is 0 Å². The van der Waals surface area contributed by atoms with Crippen molar-refractivity contribution in [3.05, 3.63) is 200 Å². The highest BCUT2D eigenvalue weighted by Gasteiger charge is 2.20. The van der Waals surface area contributed by atoms with Crippen LogP contribution in [0.2, 0.25) is 0 Å². The van der Waals surface area contributed by atoms with Gasteiger partial charge in [-0.1, -0.05) is 163 Å². The van der Waals surface area contributed by atoms with Crippen LogP contribution in [0, 0.1) is 6.92 Å². The van der Waals surface area contributed by atoms with E-state index in [1.54, 1.807) is 0 Å². The molecule has 8 aromatic carbocycles. The molecule has 11 rings (SSSR count). The smallest absolute Gasteiger partial charge is 0.238 e. The van der Waals surface area contributed by atoms with Crippen molar-refractivity contribution in [3.8, 4) is 62.2 Å². The number of aryl methyl sites for hydroxylation is 1. The number of hydrogen-bond acceptors (Lipinski definition) is 4. The average Bonchev–Trinajstić information content (AvgIpc) is 3.64. The molecule has 0 bridgehead atoms. The number of aromatic nitrogens is 5. The van der Waals surface area contributed by atoms with E-state index in [1.807, 2.05) is 30.5 Å². The van der Waals surface area contributed by atoms with Crippen molar-refractivity contribution in [2.45, 2.75) is 6.92 Å². The molecule has 0 aliphatic rings. The van der Waals surface area contributed by atoms with Gasteiger partial charge in [0.05, 0.1) is 16.7 Å². The van der Waals surface area contributed by atoms with E-state index in [4.69, 9.17) is 15.0 Å². The van der Waals surface area contributed by atoms with Gasteiger partial charge in [0.2, 0.25) is 5.95 Å². The summed E-state index contributed by atoms with van der Waals surface area (Å²) in [6.45, 7) is 2.13. The van der Waals surface area contributed by atoms with Crippen molar-refractivity contribution in [2.75, 3.05) is 0 Å². The highest BCUT2D eigenvalue weighted by atomic mass is 15.2. The lowest BCUT2D eigenvalue weighted by Gasteiger charge is -2.14. The lowest BCUT2D eigenvalue weighted by Crippen LogP contribution is -2.06. The molecular weight excluding hydrogens is 707 g/mol. The zero-order valence-electron chi connectivity index (χ0n) is 31.7. The predicted molar refractivity (Wildman–Crippen MR) is 239 cm³/mol. The molecule has 272 valence electrons. The standard InChI is InChI=1S/C53H35N5/c1-34-22-24-36(25-23-34)42-18-9-12-38-13-10-19-43(49(38)42)37-26-28-39(29-27-37)51-55-52(41-15-8-14-40(33-41)46-20-6-7-32-54-46)57-53(56-51)58-47-21-5-4-17-45(47)50-44-16-3-2-11-35(44)30-31-48(50)58/h2-33H,1H3. The van der Waals surface area contributed by atoms with Gasteiger partial charge in [-0.2, -0.15) is 9.97 Å². The predicted octanol–water partition coefficient (Wildman–Crippen LogP) is 13.3. The van der Waals surface area contributed by atoms with Crippen LogP contribution in [0.1, 0.15) is 5.56 Å². The Hall–Kier alpha value is -7.76. The Labute approximate surface area is 335 Å². The van der Waals surface area contributed by atoms with E-state index in [2.05, 4.69) is 180 Å². The molecule has 0 atom stereocenters. The quantitative estimate of drug-likeness (QED) is 0.170. The van der Waals surface area contributed by atoms with Gasteiger partial charge in [-0.05, 0) is 81.1 Å². The molecule has 5 heteroatoms. The van der Waals surface area contributed by atoms with Crippen molar-refractivity contribution in [2.24, 2.45) is 0 Å². The van der Waals surface area contributed by atoms with Gasteiger partial charge >= 0.3 is 0 Å². The van der Waals surface area contributed by atoms with Crippen LogP contribution in [0.3, 0.4) is 0 Å². The molecule has 58 heavy (non-hydrogen) atoms. The normalized spacial score (nSPS) is 11.5. The number of pyridine rings is 1. The first-order valence-electron chi connectivity index (χ1n) is 19.6. The minimum atomic E-state index is 0.561. The number of para-hydroxylation sites is 1. The molecule has 3 aromatic heterocycles. The molecule has 0 amide bonds. The first-order valence-corrected chi connectivity index (χ1v) is 19.6. The van der Waals surface area contributed by atoms with Crippen LogP contribution in [0.4, 0.5) is 0 Å². The molecule has 0 saturated heterocycles. The summed E-state index contributed by atoms with van der Waals surface area (Å²) in [7, 11) is 0. The first kappa shape index (κ1) is 33.6. The SMILES string of the molecule is Cc1ccc(-c2cccc3cccc(-c4ccc(-c5nc(-c6cccc(-c7ccccn7)c6)nc(-n6c7ccccc7c7c8ccccc8ccc76)n5)cc4)c23)cc1. The maximum atomic E-state index is 5.27. The molecule has 0 aliphatic carbocycles. The summed E-state index contributed by atoms with van der Waals surface area (Å²) in [6, 6.07) is 66.2. The van der Waals surface area contributed by atoms with Crippen molar-refractivity contribution in [1.29, 1.82) is 0 Å². The highest BCUT2D eigenvalue weighted by Crippen LogP contribution is 2.39. The van der Waals surface area contributed by atoms with E-state index in [9.17, 15) is 0 Å². The van der Waals surface area contributed by atoms with Crippen molar-refractivity contribution in [3.63, 3.8) is 0 Å². The highest BCUT2D eigenvalue weighted by molar-refractivity contribution is 6.21. The maximum Gasteiger partial charge on any atom is 0.238 e. The fourth-order valence-electron chi connectivity index (χ4n) is 8.38. The van der Waals surface area contributed by atoms with Crippen LogP contribution >= 0.6 is 0 Å². The Balaban J connectivity index is 1.10. The summed E-state index contributed by atoms with van der Waals surface area (Å²) in [6.07, 6.45) is 1.82. The van der Waals surface area contributed by atoms with Crippen LogP contribution in [0.5, 0.6) is 0 Å². The van der Waals surface area contributed by atoms with Crippen LogP contribution in [-0.4, -0.2) is 24.5 Å². The summed E-state index contributed by atoms with van der Waals surface area (Å²) in [5, 5.41) is 7.16. The van der Waals surface area contributed by atoms with E-state index in [1.165, 1.54) is 49.2 Å². The van der Waals surface area contributed by atoms with Gasteiger partial charge in [0.25, 0.3) is 0 Å². The molecule has 0 spiro atoms. The van der Waals surface area contributed by atoms with Gasteiger partial charge in [-0.15, -0.1) is 0 Å². The zero-order valence-corrected chi connectivity index (χ0v) is 31.7. The van der Waals surface area contributed by atoms with Gasteiger partial charge in [0.15, 0.2) is 11.6 Å². The number of benzene rings is 8. The molecule has 0 N–H and O–H groups in total. The van der Waals surface area contributed by atoms with Crippen LogP contribution in [0.25, 0.3) is 106 Å². The second-order valence-corrected chi connectivity index (χ2v) is 14.8. The lowest BCUT2D eigenvalue weighted by atomic mass is 9.91. The third-order valence-corrected chi connectivity index (χ3v) is 11.2. The van der Waals surface area contributed by atoms with Gasteiger partial charge in [-0.3, -0.25) is 9.55 Å². The fraction of sp³-hybridized carbons (Fsp3) is 0.0189. The van der Waals surface area contributed by atoms with Crippen LogP contribution < -0.4 is 0 Å². The number of hydrogen-bond donors (Lipinski definition) is 0. The summed E-state index contributed by atoms with van der Waals surface area (Å²) in [5.74, 6) is 1.75. The van der Waals surface area contributed by atoms with E-state index < -0.39 is 0 Å². The van der Waals surface area contributed by atoms with E-state index in [-0.39, 0.29) is 0 Å². The second-order valence-electron chi connectivity index (χ2n) is 14.8. The van der Waals surface area contributed by atoms with Crippen LogP contribution in [-0.2, 0) is 0 Å². The third kappa shape index (κ3) is 5.72. The Bertz CT molecular complexity index is 3330. The van der Waals surface area contributed by atoms with E-state index in [0.717, 1.165) is 44.4 Å². The number of nitrogens with zero attached hydrogens (tertiary/aromatic N) is 5. The fourth-order valence-corrected chi connectivity index (χ4v) is 8.38. The number of rotatable bonds is 6. The first-order chi connectivity index (χ1) is 28.7. The Morgan fingerprint density at radius 2 is 1.02 bits per heavy atom. The molecule has 11 aromatic rings. The minimum absolute atomic E-state index is 0.561. The third-order valence-electron chi connectivity index (χ3n) is 11.2. The van der Waals surface area contributed by atoms with Crippen molar-refractivity contribution in [1.82, 2.24) is 24.5 Å². The molecule has 0 fully saturated rings. The van der Waals surface area contributed by atoms with E-state index in [0.29, 0.717) is 17.6 Å². The maximum absolute atomic E-state index is 5.27. The summed E-state index contributed by atoms with van der Waals surface area (Å²) in [5.41, 5.74) is 11.7. The Morgan fingerprint density at radius 1 is 0.397 bits per heavy atom. The molecule has 0 saturated carbocycles. The topological polar surface area (TPSA) is 56.5 Å². The summed E-state index contributed by atoms with van der Waals surface area (Å²) < 4.78 is 2.19. The van der Waals surface area contributed by atoms with Gasteiger partial charge < -0.3 is 0 Å². The monoisotopic (exact) mass is 741 g/mol. The second kappa shape index (κ2) is 13.8. The molecular formula is C53H35N5. The molecule has 3 heterocycles. The summed E-state index contributed by atoms with van der Waals surface area (Å²) >= 11 is 0.